The number of anilines is 1. The van der Waals surface area contributed by atoms with Gasteiger partial charge in [0.05, 0.1) is 18.0 Å². The van der Waals surface area contributed by atoms with Crippen LogP contribution in [0.4, 0.5) is 5.69 Å². The Labute approximate surface area is 154 Å². The van der Waals surface area contributed by atoms with E-state index in [1.165, 1.54) is 0 Å². The maximum absolute atomic E-state index is 12.2. The first-order chi connectivity index (χ1) is 12.4. The molecule has 0 bridgehead atoms. The molecule has 0 unspecified atom stereocenters. The van der Waals surface area contributed by atoms with E-state index in [0.29, 0.717) is 6.61 Å². The number of benzene rings is 2. The van der Waals surface area contributed by atoms with Gasteiger partial charge in [-0.2, -0.15) is 0 Å². The number of methoxy groups -OCH3 is 1. The summed E-state index contributed by atoms with van der Waals surface area (Å²) in [6, 6.07) is 14.2. The molecule has 2 rings (SSSR count). The number of aryl methyl sites for hydroxylation is 1. The molecule has 26 heavy (non-hydrogen) atoms. The van der Waals surface area contributed by atoms with E-state index in [1.807, 2.05) is 31.2 Å². The Kier molecular flexibility index (Phi) is 7.14. The number of sulfonamides is 1. The van der Waals surface area contributed by atoms with Crippen LogP contribution in [0.5, 0.6) is 0 Å². The quantitative estimate of drug-likeness (QED) is 0.370. The number of para-hydroxylation sites is 1. The van der Waals surface area contributed by atoms with Crippen molar-refractivity contribution >= 4 is 21.7 Å². The van der Waals surface area contributed by atoms with Gasteiger partial charge in [0.1, 0.15) is 0 Å². The molecule has 2 aromatic carbocycles. The summed E-state index contributed by atoms with van der Waals surface area (Å²) in [4.78, 5) is 4.38. The van der Waals surface area contributed by atoms with Crippen molar-refractivity contribution < 1.29 is 13.2 Å². The summed E-state index contributed by atoms with van der Waals surface area (Å²) in [5.41, 5.74) is 8.62. The largest absolute Gasteiger partial charge is 0.380 e. The third-order valence-electron chi connectivity index (χ3n) is 3.60. The number of guanidine groups is 1. The second kappa shape index (κ2) is 9.33. The van der Waals surface area contributed by atoms with Gasteiger partial charge in [-0.15, -0.1) is 0 Å². The highest BCUT2D eigenvalue weighted by molar-refractivity contribution is 7.89. The van der Waals surface area contributed by atoms with Crippen LogP contribution < -0.4 is 15.8 Å². The zero-order valence-corrected chi connectivity index (χ0v) is 15.7. The summed E-state index contributed by atoms with van der Waals surface area (Å²) >= 11 is 0. The van der Waals surface area contributed by atoms with Gasteiger partial charge >= 0.3 is 0 Å². The van der Waals surface area contributed by atoms with Crippen LogP contribution in [0.3, 0.4) is 0 Å². The molecule has 0 aromatic heterocycles. The van der Waals surface area contributed by atoms with E-state index in [4.69, 9.17) is 10.5 Å². The maximum atomic E-state index is 12.2. The van der Waals surface area contributed by atoms with Gasteiger partial charge in [-0.25, -0.2) is 13.1 Å². The molecular formula is C18H24N4O3S. The number of rotatable bonds is 8. The second-order valence-corrected chi connectivity index (χ2v) is 7.46. The Bertz CT molecular complexity index is 849. The molecule has 8 heteroatoms. The molecule has 4 N–H and O–H groups in total. The van der Waals surface area contributed by atoms with E-state index >= 15 is 0 Å². The van der Waals surface area contributed by atoms with Crippen molar-refractivity contribution in [3.8, 4) is 0 Å². The van der Waals surface area contributed by atoms with E-state index in [2.05, 4.69) is 15.0 Å². The zero-order chi connectivity index (χ0) is 19.0. The summed E-state index contributed by atoms with van der Waals surface area (Å²) < 4.78 is 32.0. The predicted octanol–water partition coefficient (Wildman–Crippen LogP) is 1.85. The van der Waals surface area contributed by atoms with E-state index in [9.17, 15) is 8.42 Å². The van der Waals surface area contributed by atoms with Crippen molar-refractivity contribution in [2.75, 3.05) is 25.5 Å². The normalized spacial score (nSPS) is 12.2. The summed E-state index contributed by atoms with van der Waals surface area (Å²) in [6.45, 7) is 2.72. The molecule has 0 heterocycles. The molecule has 140 valence electrons. The molecule has 2 aromatic rings. The Morgan fingerprint density at radius 3 is 2.54 bits per heavy atom. The molecular weight excluding hydrogens is 352 g/mol. The van der Waals surface area contributed by atoms with Crippen molar-refractivity contribution in [1.29, 1.82) is 0 Å². The number of aliphatic imine (C=N–C) groups is 1. The average molecular weight is 376 g/mol. The van der Waals surface area contributed by atoms with Gasteiger partial charge in [0.2, 0.25) is 10.0 Å². The molecule has 0 amide bonds. The number of hydrogen-bond donors (Lipinski definition) is 3. The first-order valence-electron chi connectivity index (χ1n) is 8.12. The summed E-state index contributed by atoms with van der Waals surface area (Å²) in [6.07, 6.45) is 0. The van der Waals surface area contributed by atoms with Gasteiger partial charge in [-0.1, -0.05) is 35.9 Å². The van der Waals surface area contributed by atoms with E-state index in [0.717, 1.165) is 16.8 Å². The number of nitrogens with one attached hydrogen (secondary N) is 2. The first kappa shape index (κ1) is 19.9. The van der Waals surface area contributed by atoms with Gasteiger partial charge in [-0.3, -0.25) is 4.99 Å². The van der Waals surface area contributed by atoms with E-state index < -0.39 is 10.0 Å². The predicted molar refractivity (Wildman–Crippen MR) is 104 cm³/mol. The van der Waals surface area contributed by atoms with Crippen LogP contribution in [-0.2, 0) is 21.4 Å². The van der Waals surface area contributed by atoms with Gasteiger partial charge in [-0.05, 0) is 25.1 Å². The van der Waals surface area contributed by atoms with Crippen LogP contribution in [0.15, 0.2) is 58.4 Å². The summed E-state index contributed by atoms with van der Waals surface area (Å²) in [7, 11) is -1.93. The lowest BCUT2D eigenvalue weighted by atomic mass is 10.2. The van der Waals surface area contributed by atoms with Crippen molar-refractivity contribution in [2.24, 2.45) is 10.7 Å². The minimum atomic E-state index is -3.54. The van der Waals surface area contributed by atoms with Crippen LogP contribution >= 0.6 is 0 Å². The smallest absolute Gasteiger partial charge is 0.240 e. The van der Waals surface area contributed by atoms with Gasteiger partial charge in [0, 0.05) is 24.9 Å². The maximum Gasteiger partial charge on any atom is 0.240 e. The molecule has 0 saturated heterocycles. The molecule has 0 atom stereocenters. The van der Waals surface area contributed by atoms with Crippen molar-refractivity contribution in [1.82, 2.24) is 4.72 Å². The van der Waals surface area contributed by atoms with Crippen molar-refractivity contribution in [3.05, 3.63) is 59.7 Å². The van der Waals surface area contributed by atoms with Gasteiger partial charge < -0.3 is 15.8 Å². The lowest BCUT2D eigenvalue weighted by Gasteiger charge is -2.11. The topological polar surface area (TPSA) is 106 Å². The summed E-state index contributed by atoms with van der Waals surface area (Å²) in [5.74, 6) is 0.211. The Balaban J connectivity index is 1.89. The number of nitrogens with two attached hydrogens (primary N) is 1. The molecule has 0 aliphatic carbocycles. The van der Waals surface area contributed by atoms with E-state index in [-0.39, 0.29) is 23.9 Å². The third-order valence-corrected chi connectivity index (χ3v) is 5.07. The number of nitrogens with zero attached hydrogens (tertiary/aromatic N) is 1. The van der Waals surface area contributed by atoms with Crippen LogP contribution in [0, 0.1) is 6.92 Å². The van der Waals surface area contributed by atoms with Crippen LogP contribution in [-0.4, -0.2) is 34.6 Å². The lowest BCUT2D eigenvalue weighted by molar-refractivity contribution is 0.185. The minimum Gasteiger partial charge on any atom is -0.380 e. The van der Waals surface area contributed by atoms with Gasteiger partial charge in [0.25, 0.3) is 0 Å². The highest BCUT2D eigenvalue weighted by atomic mass is 32.2. The zero-order valence-electron chi connectivity index (χ0n) is 14.9. The Morgan fingerprint density at radius 2 is 1.85 bits per heavy atom. The minimum absolute atomic E-state index is 0.151. The Morgan fingerprint density at radius 1 is 1.15 bits per heavy atom. The fourth-order valence-corrected chi connectivity index (χ4v) is 3.28. The molecule has 0 saturated carbocycles. The van der Waals surface area contributed by atoms with Crippen LogP contribution in [0.1, 0.15) is 11.1 Å². The third kappa shape index (κ3) is 5.83. The fourth-order valence-electron chi connectivity index (χ4n) is 2.26. The first-order valence-corrected chi connectivity index (χ1v) is 9.61. The van der Waals surface area contributed by atoms with Crippen molar-refractivity contribution in [3.63, 3.8) is 0 Å². The highest BCUT2D eigenvalue weighted by Gasteiger charge is 2.12. The van der Waals surface area contributed by atoms with Gasteiger partial charge in [0.15, 0.2) is 5.96 Å². The Hall–Kier alpha value is -2.42. The molecule has 7 nitrogen and oxygen atoms in total. The number of ether oxygens (including phenoxy) is 1. The molecule has 0 spiro atoms. The van der Waals surface area contributed by atoms with E-state index in [1.54, 1.807) is 31.4 Å². The highest BCUT2D eigenvalue weighted by Crippen LogP contribution is 2.15. The number of hydrogen-bond acceptors (Lipinski definition) is 4. The summed E-state index contributed by atoms with van der Waals surface area (Å²) in [5, 5.41) is 3.00. The average Bonchev–Trinajstić information content (AvgIpc) is 2.61. The fraction of sp³-hybridized carbons (Fsp3) is 0.278. The molecule has 0 fully saturated rings. The SMILES string of the molecule is COCc1ccccc1NC(N)=NCCNS(=O)(=O)c1ccc(C)cc1. The van der Waals surface area contributed by atoms with Crippen LogP contribution in [0.25, 0.3) is 0 Å². The van der Waals surface area contributed by atoms with Crippen LogP contribution in [0.2, 0.25) is 0 Å². The second-order valence-electron chi connectivity index (χ2n) is 5.69. The molecule has 0 radical (unpaired) electrons. The van der Waals surface area contributed by atoms with Crippen molar-refractivity contribution in [2.45, 2.75) is 18.4 Å². The monoisotopic (exact) mass is 376 g/mol. The standard InChI is InChI=1S/C18H24N4O3S/c1-14-7-9-16(10-8-14)26(23,24)21-12-11-20-18(19)22-17-6-4-3-5-15(17)13-25-2/h3-10,21H,11-13H2,1-2H3,(H3,19,20,22). The molecule has 0 aliphatic heterocycles. The lowest BCUT2D eigenvalue weighted by Crippen LogP contribution is -2.28. The molecule has 0 aliphatic rings.